The smallest absolute Gasteiger partial charge is 0.249 e. The lowest BCUT2D eigenvalue weighted by Crippen LogP contribution is -2.55. The molecule has 27 heavy (non-hydrogen) atoms. The first-order valence-electron chi connectivity index (χ1n) is 11.0. The lowest BCUT2D eigenvalue weighted by Gasteiger charge is -2.57. The van der Waals surface area contributed by atoms with Gasteiger partial charge < -0.3 is 15.4 Å². The number of hydrogen-bond acceptors (Lipinski definition) is 4. The van der Waals surface area contributed by atoms with E-state index in [1.54, 1.807) is 0 Å². The molecule has 0 radical (unpaired) electrons. The highest BCUT2D eigenvalue weighted by atomic mass is 19.3. The minimum absolute atomic E-state index is 0.0591. The van der Waals surface area contributed by atoms with E-state index in [-0.39, 0.29) is 18.3 Å². The molecule has 1 spiro atoms. The first-order chi connectivity index (χ1) is 12.9. The molecule has 2 bridgehead atoms. The normalized spacial score (nSPS) is 30.0. The van der Waals surface area contributed by atoms with Crippen LogP contribution in [0.15, 0.2) is 0 Å². The Balaban J connectivity index is 0.000000162. The van der Waals surface area contributed by atoms with E-state index in [4.69, 9.17) is 4.74 Å². The van der Waals surface area contributed by atoms with Crippen molar-refractivity contribution in [1.29, 1.82) is 0 Å². The van der Waals surface area contributed by atoms with Crippen molar-refractivity contribution in [3.05, 3.63) is 0 Å². The summed E-state index contributed by atoms with van der Waals surface area (Å²) in [6.45, 7) is 16.1. The van der Waals surface area contributed by atoms with Gasteiger partial charge in [0.05, 0.1) is 12.7 Å². The van der Waals surface area contributed by atoms with Gasteiger partial charge in [0.1, 0.15) is 0 Å². The van der Waals surface area contributed by atoms with Crippen LogP contribution < -0.4 is 10.6 Å². The van der Waals surface area contributed by atoms with E-state index >= 15 is 0 Å². The lowest BCUT2D eigenvalue weighted by atomic mass is 9.50. The number of rotatable bonds is 6. The van der Waals surface area contributed by atoms with Gasteiger partial charge in [-0.1, -0.05) is 27.7 Å². The number of fused-ring (bicyclic) bond motifs is 2. The molecule has 2 unspecified atom stereocenters. The molecule has 4 rings (SSSR count). The maximum absolute atomic E-state index is 12.6. The van der Waals surface area contributed by atoms with Crippen molar-refractivity contribution in [3.8, 4) is 0 Å². The largest absolute Gasteiger partial charge is 0.375 e. The number of morpholine rings is 1. The monoisotopic (exact) mass is 389 g/mol. The molecule has 2 saturated heterocycles. The van der Waals surface area contributed by atoms with Crippen molar-refractivity contribution in [3.63, 3.8) is 0 Å². The first kappa shape index (κ1) is 23.0. The van der Waals surface area contributed by atoms with E-state index in [2.05, 4.69) is 43.2 Å². The Kier molecular flexibility index (Phi) is 8.91. The standard InChI is InChI=1S/C10H17F2N.C7H13NO.C4H11N/c1-2-13-5-8-3-9(4-8)6-10(11,12)7-9;1-2-8-4-7-3-6(8)5-9-7;1-3-5-4-2/h8,13H,2-7H2,1H3;6-7H,2-5H2,1H3;5H,3-4H2,1-2H3. The van der Waals surface area contributed by atoms with Crippen LogP contribution in [0.25, 0.3) is 0 Å². The number of hydrogen-bond donors (Lipinski definition) is 2. The number of halogens is 2. The van der Waals surface area contributed by atoms with Crippen molar-refractivity contribution in [2.24, 2.45) is 11.3 Å². The zero-order valence-electron chi connectivity index (χ0n) is 17.8. The number of ether oxygens (including phenoxy) is 1. The van der Waals surface area contributed by atoms with Crippen LogP contribution in [0.2, 0.25) is 0 Å². The fraction of sp³-hybridized carbons (Fsp3) is 1.00. The van der Waals surface area contributed by atoms with Crippen LogP contribution in [0.5, 0.6) is 0 Å². The molecule has 0 aromatic heterocycles. The SMILES string of the molecule is CCN1CC2CC1CO2.CCNCC.CCNCC1CC2(C1)CC(F)(F)C2. The molecule has 4 nitrogen and oxygen atoms in total. The molecular formula is C21H41F2N3O. The minimum Gasteiger partial charge on any atom is -0.375 e. The van der Waals surface area contributed by atoms with Crippen molar-refractivity contribution < 1.29 is 13.5 Å². The van der Waals surface area contributed by atoms with Gasteiger partial charge in [-0.15, -0.1) is 0 Å². The average Bonchev–Trinajstić information content (AvgIpc) is 3.20. The number of nitrogens with one attached hydrogen (secondary N) is 2. The molecule has 160 valence electrons. The fourth-order valence-electron chi connectivity index (χ4n) is 5.11. The minimum atomic E-state index is -2.33. The van der Waals surface area contributed by atoms with Gasteiger partial charge in [-0.3, -0.25) is 4.90 Å². The Hall–Kier alpha value is -0.300. The van der Waals surface area contributed by atoms with Gasteiger partial charge in [0.15, 0.2) is 0 Å². The van der Waals surface area contributed by atoms with Gasteiger partial charge in [0, 0.05) is 25.4 Å². The average molecular weight is 390 g/mol. The quantitative estimate of drug-likeness (QED) is 0.729. The van der Waals surface area contributed by atoms with E-state index in [0.29, 0.717) is 12.0 Å². The third kappa shape index (κ3) is 6.62. The molecule has 2 N–H and O–H groups in total. The maximum atomic E-state index is 12.6. The molecule has 2 atom stereocenters. The molecule has 0 amide bonds. The summed E-state index contributed by atoms with van der Waals surface area (Å²) in [7, 11) is 0. The molecule has 0 aromatic carbocycles. The second kappa shape index (κ2) is 10.5. The molecule has 6 heteroatoms. The zero-order valence-corrected chi connectivity index (χ0v) is 17.8. The fourth-order valence-corrected chi connectivity index (χ4v) is 5.11. The van der Waals surface area contributed by atoms with Crippen LogP contribution in [0.1, 0.15) is 59.8 Å². The highest BCUT2D eigenvalue weighted by Gasteiger charge is 2.61. The second-order valence-electron chi connectivity index (χ2n) is 8.68. The molecule has 2 heterocycles. The molecule has 0 aromatic rings. The molecule has 2 aliphatic carbocycles. The summed E-state index contributed by atoms with van der Waals surface area (Å²) in [5.41, 5.74) is 0.0591. The van der Waals surface area contributed by atoms with Crippen LogP contribution in [-0.4, -0.2) is 68.8 Å². The topological polar surface area (TPSA) is 36.5 Å². The predicted molar refractivity (Wildman–Crippen MR) is 107 cm³/mol. The summed E-state index contributed by atoms with van der Waals surface area (Å²) in [5.74, 6) is -1.67. The lowest BCUT2D eigenvalue weighted by molar-refractivity contribution is -0.205. The van der Waals surface area contributed by atoms with E-state index in [1.165, 1.54) is 19.5 Å². The van der Waals surface area contributed by atoms with Crippen molar-refractivity contribution >= 4 is 0 Å². The van der Waals surface area contributed by atoms with Crippen molar-refractivity contribution in [2.75, 3.05) is 45.9 Å². The zero-order chi connectivity index (χ0) is 19.9. The van der Waals surface area contributed by atoms with Gasteiger partial charge in [-0.25, -0.2) is 8.78 Å². The third-order valence-electron chi connectivity index (χ3n) is 6.31. The van der Waals surface area contributed by atoms with Gasteiger partial charge in [-0.05, 0) is 63.3 Å². The predicted octanol–water partition coefficient (Wildman–Crippen LogP) is 3.52. The Morgan fingerprint density at radius 3 is 1.96 bits per heavy atom. The maximum Gasteiger partial charge on any atom is 0.249 e. The van der Waals surface area contributed by atoms with Crippen LogP contribution in [0, 0.1) is 11.3 Å². The van der Waals surface area contributed by atoms with E-state index in [9.17, 15) is 8.78 Å². The summed E-state index contributed by atoms with van der Waals surface area (Å²) in [4.78, 5) is 2.51. The number of nitrogens with zero attached hydrogens (tertiary/aromatic N) is 1. The molecule has 4 aliphatic rings. The highest BCUT2D eigenvalue weighted by Crippen LogP contribution is 2.64. The molecular weight excluding hydrogens is 348 g/mol. The number of likely N-dealkylation sites (N-methyl/N-ethyl adjacent to an activating group) is 1. The Morgan fingerprint density at radius 2 is 1.63 bits per heavy atom. The van der Waals surface area contributed by atoms with Gasteiger partial charge in [0.2, 0.25) is 5.92 Å². The number of likely N-dealkylation sites (tertiary alicyclic amines) is 1. The summed E-state index contributed by atoms with van der Waals surface area (Å²) in [5, 5.41) is 6.38. The van der Waals surface area contributed by atoms with E-state index in [1.807, 2.05) is 0 Å². The van der Waals surface area contributed by atoms with Gasteiger partial charge in [-0.2, -0.15) is 0 Å². The van der Waals surface area contributed by atoms with Crippen LogP contribution in [0.3, 0.4) is 0 Å². The van der Waals surface area contributed by atoms with E-state index < -0.39 is 5.92 Å². The first-order valence-corrected chi connectivity index (χ1v) is 11.0. The van der Waals surface area contributed by atoms with Gasteiger partial charge in [0.25, 0.3) is 0 Å². The van der Waals surface area contributed by atoms with Crippen molar-refractivity contribution in [2.45, 2.75) is 77.9 Å². The van der Waals surface area contributed by atoms with Crippen LogP contribution in [-0.2, 0) is 4.74 Å². The Morgan fingerprint density at radius 1 is 1.00 bits per heavy atom. The summed E-state index contributed by atoms with van der Waals surface area (Å²) in [6, 6.07) is 0.764. The Labute approximate surface area is 164 Å². The summed E-state index contributed by atoms with van der Waals surface area (Å²) >= 11 is 0. The summed E-state index contributed by atoms with van der Waals surface area (Å²) < 4.78 is 30.7. The van der Waals surface area contributed by atoms with Crippen LogP contribution >= 0.6 is 0 Å². The molecule has 2 aliphatic heterocycles. The Bertz CT molecular complexity index is 418. The highest BCUT2D eigenvalue weighted by molar-refractivity contribution is 5.06. The molecule has 2 saturated carbocycles. The molecule has 4 fully saturated rings. The second-order valence-corrected chi connectivity index (χ2v) is 8.68. The third-order valence-corrected chi connectivity index (χ3v) is 6.31. The summed E-state index contributed by atoms with van der Waals surface area (Å²) in [6.07, 6.45) is 4.22. The number of alkyl halides is 2. The van der Waals surface area contributed by atoms with E-state index in [0.717, 1.165) is 51.7 Å². The van der Waals surface area contributed by atoms with Gasteiger partial charge >= 0.3 is 0 Å². The van der Waals surface area contributed by atoms with Crippen molar-refractivity contribution in [1.82, 2.24) is 15.5 Å². The van der Waals surface area contributed by atoms with Crippen LogP contribution in [0.4, 0.5) is 8.78 Å².